The number of carboxylic acids is 1. The number of aromatic carboxylic acids is 1. The summed E-state index contributed by atoms with van der Waals surface area (Å²) in [5, 5.41) is 8.94. The minimum absolute atomic E-state index is 0.124. The molecule has 0 aliphatic rings. The van der Waals surface area contributed by atoms with Crippen LogP contribution in [-0.2, 0) is 6.42 Å². The molecule has 0 amide bonds. The SMILES string of the molecule is CCc1ccc(Oc2cc(C(=O)O)ccn2)c(OC)c1. The maximum Gasteiger partial charge on any atom is 0.335 e. The molecule has 0 bridgehead atoms. The Balaban J connectivity index is 2.29. The van der Waals surface area contributed by atoms with Gasteiger partial charge >= 0.3 is 5.97 Å². The molecule has 0 saturated heterocycles. The Bertz CT molecular complexity index is 625. The van der Waals surface area contributed by atoms with Crippen molar-refractivity contribution in [1.82, 2.24) is 4.98 Å². The molecule has 0 radical (unpaired) electrons. The molecule has 1 aromatic carbocycles. The van der Waals surface area contributed by atoms with E-state index in [1.807, 2.05) is 19.1 Å². The minimum Gasteiger partial charge on any atom is -0.493 e. The summed E-state index contributed by atoms with van der Waals surface area (Å²) in [6, 6.07) is 8.38. The van der Waals surface area contributed by atoms with Crippen LogP contribution in [0.4, 0.5) is 0 Å². The van der Waals surface area contributed by atoms with E-state index in [1.54, 1.807) is 13.2 Å². The first-order chi connectivity index (χ1) is 9.63. The Kier molecular flexibility index (Phi) is 4.20. The highest BCUT2D eigenvalue weighted by Crippen LogP contribution is 2.31. The lowest BCUT2D eigenvalue weighted by atomic mass is 10.1. The highest BCUT2D eigenvalue weighted by Gasteiger charge is 2.09. The molecule has 0 aliphatic carbocycles. The molecule has 5 nitrogen and oxygen atoms in total. The summed E-state index contributed by atoms with van der Waals surface area (Å²) < 4.78 is 10.9. The van der Waals surface area contributed by atoms with Gasteiger partial charge < -0.3 is 14.6 Å². The van der Waals surface area contributed by atoms with Crippen LogP contribution in [0.3, 0.4) is 0 Å². The quantitative estimate of drug-likeness (QED) is 0.906. The number of benzene rings is 1. The topological polar surface area (TPSA) is 68.7 Å². The normalized spacial score (nSPS) is 10.1. The van der Waals surface area contributed by atoms with Crippen molar-refractivity contribution in [1.29, 1.82) is 0 Å². The molecule has 1 aromatic heterocycles. The van der Waals surface area contributed by atoms with Crippen molar-refractivity contribution in [2.45, 2.75) is 13.3 Å². The Morgan fingerprint density at radius 2 is 2.05 bits per heavy atom. The molecular weight excluding hydrogens is 258 g/mol. The van der Waals surface area contributed by atoms with Crippen molar-refractivity contribution >= 4 is 5.97 Å². The van der Waals surface area contributed by atoms with Crippen LogP contribution in [0.15, 0.2) is 36.5 Å². The third-order valence-electron chi connectivity index (χ3n) is 2.83. The van der Waals surface area contributed by atoms with Gasteiger partial charge in [0.05, 0.1) is 12.7 Å². The summed E-state index contributed by atoms with van der Waals surface area (Å²) in [6.07, 6.45) is 2.29. The van der Waals surface area contributed by atoms with Gasteiger partial charge in [0.15, 0.2) is 11.5 Å². The number of pyridine rings is 1. The molecule has 0 unspecified atom stereocenters. The van der Waals surface area contributed by atoms with Crippen molar-refractivity contribution in [3.05, 3.63) is 47.7 Å². The van der Waals surface area contributed by atoms with Gasteiger partial charge in [-0.05, 0) is 30.2 Å². The lowest BCUT2D eigenvalue weighted by Crippen LogP contribution is -1.98. The van der Waals surface area contributed by atoms with Crippen molar-refractivity contribution < 1.29 is 19.4 Å². The monoisotopic (exact) mass is 273 g/mol. The van der Waals surface area contributed by atoms with E-state index in [0.29, 0.717) is 11.5 Å². The van der Waals surface area contributed by atoms with E-state index < -0.39 is 5.97 Å². The summed E-state index contributed by atoms with van der Waals surface area (Å²) in [7, 11) is 1.56. The zero-order valence-electron chi connectivity index (χ0n) is 11.3. The fourth-order valence-corrected chi connectivity index (χ4v) is 1.73. The second-order valence-corrected chi connectivity index (χ2v) is 4.13. The molecule has 1 N–H and O–H groups in total. The molecule has 0 saturated carbocycles. The maximum absolute atomic E-state index is 10.9. The van der Waals surface area contributed by atoms with Crippen molar-refractivity contribution in [2.24, 2.45) is 0 Å². The van der Waals surface area contributed by atoms with Gasteiger partial charge in [-0.25, -0.2) is 9.78 Å². The Morgan fingerprint density at radius 1 is 1.25 bits per heavy atom. The smallest absolute Gasteiger partial charge is 0.335 e. The van der Waals surface area contributed by atoms with Crippen LogP contribution in [0.2, 0.25) is 0 Å². The lowest BCUT2D eigenvalue weighted by molar-refractivity contribution is 0.0696. The predicted molar refractivity (Wildman–Crippen MR) is 73.6 cm³/mol. The van der Waals surface area contributed by atoms with Gasteiger partial charge in [-0.1, -0.05) is 13.0 Å². The van der Waals surface area contributed by atoms with Crippen LogP contribution >= 0.6 is 0 Å². The van der Waals surface area contributed by atoms with Gasteiger partial charge in [0.25, 0.3) is 0 Å². The van der Waals surface area contributed by atoms with E-state index in [2.05, 4.69) is 4.98 Å². The van der Waals surface area contributed by atoms with E-state index in [9.17, 15) is 4.79 Å². The molecule has 0 atom stereocenters. The van der Waals surface area contributed by atoms with Gasteiger partial charge in [0.2, 0.25) is 5.88 Å². The van der Waals surface area contributed by atoms with E-state index >= 15 is 0 Å². The predicted octanol–water partition coefficient (Wildman–Crippen LogP) is 3.14. The molecule has 0 spiro atoms. The molecule has 2 aromatic rings. The molecule has 20 heavy (non-hydrogen) atoms. The number of rotatable bonds is 5. The third kappa shape index (κ3) is 3.06. The van der Waals surface area contributed by atoms with E-state index in [-0.39, 0.29) is 11.4 Å². The summed E-state index contributed by atoms with van der Waals surface area (Å²) >= 11 is 0. The largest absolute Gasteiger partial charge is 0.493 e. The van der Waals surface area contributed by atoms with Crippen LogP contribution in [0.25, 0.3) is 0 Å². The molecular formula is C15H15NO4. The number of carbonyl (C=O) groups is 1. The van der Waals surface area contributed by atoms with Crippen molar-refractivity contribution in [3.8, 4) is 17.4 Å². The highest BCUT2D eigenvalue weighted by molar-refractivity contribution is 5.87. The Labute approximate surface area is 116 Å². The number of aromatic nitrogens is 1. The molecule has 0 fully saturated rings. The fourth-order valence-electron chi connectivity index (χ4n) is 1.73. The summed E-state index contributed by atoms with van der Waals surface area (Å²) in [5.74, 6) is 0.282. The number of hydrogen-bond acceptors (Lipinski definition) is 4. The van der Waals surface area contributed by atoms with Crippen LogP contribution in [0.1, 0.15) is 22.8 Å². The number of methoxy groups -OCH3 is 1. The number of nitrogens with zero attached hydrogens (tertiary/aromatic N) is 1. The number of hydrogen-bond donors (Lipinski definition) is 1. The van der Waals surface area contributed by atoms with Crippen LogP contribution in [0, 0.1) is 0 Å². The van der Waals surface area contributed by atoms with Gasteiger partial charge in [0.1, 0.15) is 0 Å². The second kappa shape index (κ2) is 6.06. The van der Waals surface area contributed by atoms with Gasteiger partial charge in [0, 0.05) is 12.3 Å². The fraction of sp³-hybridized carbons (Fsp3) is 0.200. The standard InChI is InChI=1S/C15H15NO4/c1-3-10-4-5-12(13(8-10)19-2)20-14-9-11(15(17)18)6-7-16-14/h4-9H,3H2,1-2H3,(H,17,18). The number of carboxylic acid groups (broad SMARTS) is 1. The van der Waals surface area contributed by atoms with Crippen molar-refractivity contribution in [2.75, 3.05) is 7.11 Å². The van der Waals surface area contributed by atoms with E-state index in [4.69, 9.17) is 14.6 Å². The third-order valence-corrected chi connectivity index (χ3v) is 2.83. The highest BCUT2D eigenvalue weighted by atomic mass is 16.5. The first kappa shape index (κ1) is 13.9. The molecule has 1 heterocycles. The first-order valence-corrected chi connectivity index (χ1v) is 6.18. The average Bonchev–Trinajstić information content (AvgIpc) is 2.48. The van der Waals surface area contributed by atoms with Crippen LogP contribution in [-0.4, -0.2) is 23.2 Å². The van der Waals surface area contributed by atoms with Gasteiger partial charge in [-0.3, -0.25) is 0 Å². The zero-order valence-corrected chi connectivity index (χ0v) is 11.3. The second-order valence-electron chi connectivity index (χ2n) is 4.13. The van der Waals surface area contributed by atoms with Crippen LogP contribution < -0.4 is 9.47 Å². The van der Waals surface area contributed by atoms with Gasteiger partial charge in [-0.15, -0.1) is 0 Å². The van der Waals surface area contributed by atoms with Crippen molar-refractivity contribution in [3.63, 3.8) is 0 Å². The number of ether oxygens (including phenoxy) is 2. The maximum atomic E-state index is 10.9. The summed E-state index contributed by atoms with van der Waals surface area (Å²) in [6.45, 7) is 2.05. The molecule has 104 valence electrons. The average molecular weight is 273 g/mol. The number of aryl methyl sites for hydroxylation is 1. The minimum atomic E-state index is -1.02. The Hall–Kier alpha value is -2.56. The van der Waals surface area contributed by atoms with E-state index in [1.165, 1.54) is 18.3 Å². The lowest BCUT2D eigenvalue weighted by Gasteiger charge is -2.11. The summed E-state index contributed by atoms with van der Waals surface area (Å²) in [4.78, 5) is 14.9. The summed E-state index contributed by atoms with van der Waals surface area (Å²) in [5.41, 5.74) is 1.25. The molecule has 0 aliphatic heterocycles. The molecule has 2 rings (SSSR count). The van der Waals surface area contributed by atoms with Crippen LogP contribution in [0.5, 0.6) is 17.4 Å². The first-order valence-electron chi connectivity index (χ1n) is 6.18. The van der Waals surface area contributed by atoms with Gasteiger partial charge in [-0.2, -0.15) is 0 Å². The molecule has 5 heteroatoms. The Morgan fingerprint density at radius 3 is 2.70 bits per heavy atom. The zero-order chi connectivity index (χ0) is 14.5. The van der Waals surface area contributed by atoms with E-state index in [0.717, 1.165) is 12.0 Å².